The van der Waals surface area contributed by atoms with E-state index in [0.29, 0.717) is 6.42 Å². The molecule has 1 atom stereocenters. The van der Waals surface area contributed by atoms with Gasteiger partial charge in [-0.05, 0) is 6.92 Å². The van der Waals surface area contributed by atoms with Gasteiger partial charge in [0.15, 0.2) is 0 Å². The number of nitrogens with two attached hydrogens (primary N) is 1. The second-order valence-electron chi connectivity index (χ2n) is 1.78. The second-order valence-corrected chi connectivity index (χ2v) is 1.78. The van der Waals surface area contributed by atoms with Gasteiger partial charge < -0.3 is 10.5 Å². The van der Waals surface area contributed by atoms with E-state index in [4.69, 9.17) is 15.9 Å². The molecule has 0 aromatic carbocycles. The molecule has 0 heterocycles. The number of methoxy groups -OCH3 is 1. The van der Waals surface area contributed by atoms with Crippen molar-refractivity contribution in [2.45, 2.75) is 19.4 Å². The summed E-state index contributed by atoms with van der Waals surface area (Å²) in [7, 11) is 1.60. The maximum atomic E-state index is 6.83. The van der Waals surface area contributed by atoms with Gasteiger partial charge in [0.05, 0.1) is 11.9 Å². The maximum absolute atomic E-state index is 6.83. The highest BCUT2D eigenvalue weighted by atomic mass is 16.5. The molecule has 0 fully saturated rings. The van der Waals surface area contributed by atoms with Crippen LogP contribution in [0.3, 0.4) is 0 Å². The highest BCUT2D eigenvalue weighted by Gasteiger charge is 1.98. The summed E-state index contributed by atoms with van der Waals surface area (Å²) in [4.78, 5) is 0. The molecule has 0 saturated carbocycles. The van der Waals surface area contributed by atoms with Crippen LogP contribution >= 0.6 is 0 Å². The molecular formula is C5H12N2O. The number of amidine groups is 1. The number of nitrogens with one attached hydrogen (secondary N) is 1. The molecule has 0 spiro atoms. The van der Waals surface area contributed by atoms with Crippen molar-refractivity contribution in [1.82, 2.24) is 0 Å². The molecule has 1 unspecified atom stereocenters. The Bertz CT molecular complexity index is 82.5. The molecule has 0 rings (SSSR count). The van der Waals surface area contributed by atoms with Crippen molar-refractivity contribution in [3.05, 3.63) is 0 Å². The molecule has 0 aliphatic carbocycles. The molecule has 48 valence electrons. The Labute approximate surface area is 49.3 Å². The van der Waals surface area contributed by atoms with Gasteiger partial charge in [0.1, 0.15) is 0 Å². The minimum absolute atomic E-state index is 0.0764. The lowest BCUT2D eigenvalue weighted by Gasteiger charge is -2.05. The quantitative estimate of drug-likeness (QED) is 0.413. The topological polar surface area (TPSA) is 59.1 Å². The minimum atomic E-state index is 0.0764. The van der Waals surface area contributed by atoms with Gasteiger partial charge in [0.25, 0.3) is 0 Å². The Balaban J connectivity index is 3.24. The summed E-state index contributed by atoms with van der Waals surface area (Å²) in [6.45, 7) is 1.88. The SMILES string of the molecule is COC(C)CC(=N)N. The summed E-state index contributed by atoms with van der Waals surface area (Å²) in [6.07, 6.45) is 0.601. The van der Waals surface area contributed by atoms with E-state index in [0.717, 1.165) is 0 Å². The predicted molar refractivity (Wildman–Crippen MR) is 33.0 cm³/mol. The van der Waals surface area contributed by atoms with E-state index in [9.17, 15) is 0 Å². The van der Waals surface area contributed by atoms with Gasteiger partial charge in [-0.2, -0.15) is 0 Å². The van der Waals surface area contributed by atoms with Crippen molar-refractivity contribution in [2.24, 2.45) is 5.73 Å². The van der Waals surface area contributed by atoms with Crippen LogP contribution < -0.4 is 5.73 Å². The molecule has 0 amide bonds. The summed E-state index contributed by atoms with van der Waals surface area (Å²) < 4.78 is 4.84. The zero-order valence-corrected chi connectivity index (χ0v) is 5.27. The highest BCUT2D eigenvalue weighted by molar-refractivity contribution is 5.77. The lowest BCUT2D eigenvalue weighted by atomic mass is 10.3. The first-order valence-electron chi connectivity index (χ1n) is 2.52. The molecular weight excluding hydrogens is 104 g/mol. The summed E-state index contributed by atoms with van der Waals surface area (Å²) in [5.74, 6) is 0.180. The van der Waals surface area contributed by atoms with Crippen LogP contribution in [-0.4, -0.2) is 19.0 Å². The molecule has 0 aromatic rings. The van der Waals surface area contributed by atoms with Gasteiger partial charge in [-0.15, -0.1) is 0 Å². The van der Waals surface area contributed by atoms with E-state index < -0.39 is 0 Å². The molecule has 3 N–H and O–H groups in total. The standard InChI is InChI=1S/C5H12N2O/c1-4(8-2)3-5(6)7/h4H,3H2,1-2H3,(H3,6,7). The van der Waals surface area contributed by atoms with Crippen LogP contribution in [0.1, 0.15) is 13.3 Å². The van der Waals surface area contributed by atoms with Crippen molar-refractivity contribution in [3.63, 3.8) is 0 Å². The van der Waals surface area contributed by atoms with E-state index in [2.05, 4.69) is 0 Å². The smallest absolute Gasteiger partial charge is 0.0931 e. The molecule has 3 heteroatoms. The van der Waals surface area contributed by atoms with Crippen molar-refractivity contribution in [2.75, 3.05) is 7.11 Å². The monoisotopic (exact) mass is 116 g/mol. The summed E-state index contributed by atoms with van der Waals surface area (Å²) in [6, 6.07) is 0. The van der Waals surface area contributed by atoms with Crippen LogP contribution in [0.5, 0.6) is 0 Å². The largest absolute Gasteiger partial charge is 0.388 e. The van der Waals surface area contributed by atoms with E-state index >= 15 is 0 Å². The Morgan fingerprint density at radius 3 is 2.50 bits per heavy atom. The van der Waals surface area contributed by atoms with Gasteiger partial charge >= 0.3 is 0 Å². The zero-order valence-electron chi connectivity index (χ0n) is 5.27. The van der Waals surface area contributed by atoms with Crippen molar-refractivity contribution >= 4 is 5.84 Å². The van der Waals surface area contributed by atoms with E-state index in [1.54, 1.807) is 7.11 Å². The van der Waals surface area contributed by atoms with Crippen molar-refractivity contribution in [1.29, 1.82) is 5.41 Å². The molecule has 0 saturated heterocycles. The zero-order chi connectivity index (χ0) is 6.57. The first-order chi connectivity index (χ1) is 3.66. The van der Waals surface area contributed by atoms with E-state index in [1.807, 2.05) is 6.92 Å². The third-order valence-electron chi connectivity index (χ3n) is 0.910. The van der Waals surface area contributed by atoms with Gasteiger partial charge in [-0.3, -0.25) is 5.41 Å². The highest BCUT2D eigenvalue weighted by Crippen LogP contribution is 1.91. The summed E-state index contributed by atoms with van der Waals surface area (Å²) in [5.41, 5.74) is 5.07. The van der Waals surface area contributed by atoms with Crippen LogP contribution in [0.2, 0.25) is 0 Å². The second kappa shape index (κ2) is 3.43. The van der Waals surface area contributed by atoms with Crippen LogP contribution in [0, 0.1) is 5.41 Å². The summed E-state index contributed by atoms with van der Waals surface area (Å²) in [5, 5.41) is 6.83. The van der Waals surface area contributed by atoms with Crippen LogP contribution in [0.4, 0.5) is 0 Å². The average Bonchev–Trinajstić information content (AvgIpc) is 1.65. The number of hydrogen-bond donors (Lipinski definition) is 2. The molecule has 0 aliphatic heterocycles. The first-order valence-corrected chi connectivity index (χ1v) is 2.52. The fourth-order valence-corrected chi connectivity index (χ4v) is 0.393. The lowest BCUT2D eigenvalue weighted by molar-refractivity contribution is 0.124. The van der Waals surface area contributed by atoms with Crippen LogP contribution in [0.25, 0.3) is 0 Å². The Kier molecular flexibility index (Phi) is 3.19. The molecule has 0 aromatic heterocycles. The lowest BCUT2D eigenvalue weighted by Crippen LogP contribution is -2.18. The normalized spacial score (nSPS) is 13.2. The Morgan fingerprint density at radius 1 is 1.88 bits per heavy atom. The van der Waals surface area contributed by atoms with E-state index in [-0.39, 0.29) is 11.9 Å². The number of rotatable bonds is 3. The molecule has 3 nitrogen and oxygen atoms in total. The fourth-order valence-electron chi connectivity index (χ4n) is 0.393. The van der Waals surface area contributed by atoms with Gasteiger partial charge in [-0.1, -0.05) is 0 Å². The Morgan fingerprint density at radius 2 is 2.38 bits per heavy atom. The van der Waals surface area contributed by atoms with Gasteiger partial charge in [0, 0.05) is 13.5 Å². The third-order valence-corrected chi connectivity index (χ3v) is 0.910. The number of ether oxygens (including phenoxy) is 1. The van der Waals surface area contributed by atoms with E-state index in [1.165, 1.54) is 0 Å². The van der Waals surface area contributed by atoms with Gasteiger partial charge in [0.2, 0.25) is 0 Å². The van der Waals surface area contributed by atoms with Crippen molar-refractivity contribution < 1.29 is 4.74 Å². The van der Waals surface area contributed by atoms with Gasteiger partial charge in [-0.25, -0.2) is 0 Å². The fraction of sp³-hybridized carbons (Fsp3) is 0.800. The summed E-state index contributed by atoms with van der Waals surface area (Å²) >= 11 is 0. The molecule has 0 aliphatic rings. The van der Waals surface area contributed by atoms with Crippen LogP contribution in [0.15, 0.2) is 0 Å². The molecule has 0 radical (unpaired) electrons. The van der Waals surface area contributed by atoms with Crippen LogP contribution in [-0.2, 0) is 4.74 Å². The third kappa shape index (κ3) is 3.61. The maximum Gasteiger partial charge on any atom is 0.0931 e. The molecule has 8 heavy (non-hydrogen) atoms. The first kappa shape index (κ1) is 7.43. The predicted octanol–water partition coefficient (Wildman–Crippen LogP) is 0.347. The average molecular weight is 116 g/mol. The Hall–Kier alpha value is -0.570. The minimum Gasteiger partial charge on any atom is -0.388 e. The number of hydrogen-bond acceptors (Lipinski definition) is 2. The molecule has 0 bridgehead atoms. The van der Waals surface area contributed by atoms with Crippen molar-refractivity contribution in [3.8, 4) is 0 Å².